The Labute approximate surface area is 92.6 Å². The third-order valence-electron chi connectivity index (χ3n) is 2.96. The molecule has 0 saturated carbocycles. The molecule has 0 amide bonds. The molecule has 0 N–H and O–H groups in total. The molecular weight excluding hydrogens is 186 g/mol. The molecule has 0 aromatic carbocycles. The van der Waals surface area contributed by atoms with E-state index in [1.165, 1.54) is 32.0 Å². The van der Waals surface area contributed by atoms with Crippen LogP contribution in [0.5, 0.6) is 0 Å². The van der Waals surface area contributed by atoms with E-state index in [2.05, 4.69) is 35.1 Å². The lowest BCUT2D eigenvalue weighted by Crippen LogP contribution is -2.32. The van der Waals surface area contributed by atoms with E-state index in [1.54, 1.807) is 0 Å². The monoisotopic (exact) mass is 207 g/mol. The SMILES string of the molecule is C=N/C=N\C(=C)N1CCC(CCC)CC1. The first-order valence-electron chi connectivity index (χ1n) is 5.70. The molecule has 15 heavy (non-hydrogen) atoms. The summed E-state index contributed by atoms with van der Waals surface area (Å²) in [6.45, 7) is 11.7. The first-order chi connectivity index (χ1) is 7.27. The molecule has 0 aliphatic carbocycles. The Hall–Kier alpha value is -1.12. The van der Waals surface area contributed by atoms with Crippen molar-refractivity contribution in [2.24, 2.45) is 15.9 Å². The molecule has 84 valence electrons. The summed E-state index contributed by atoms with van der Waals surface area (Å²) in [6.07, 6.45) is 6.65. The molecule has 1 aliphatic rings. The zero-order valence-corrected chi connectivity index (χ0v) is 9.65. The molecule has 0 radical (unpaired) electrons. The van der Waals surface area contributed by atoms with Gasteiger partial charge in [0.2, 0.25) is 0 Å². The minimum atomic E-state index is 0.817. The lowest BCUT2D eigenvalue weighted by molar-refractivity contribution is 0.217. The molecule has 0 unspecified atom stereocenters. The molecule has 0 aromatic heterocycles. The highest BCUT2D eigenvalue weighted by Gasteiger charge is 2.18. The van der Waals surface area contributed by atoms with Crippen LogP contribution < -0.4 is 0 Å². The summed E-state index contributed by atoms with van der Waals surface area (Å²) < 4.78 is 0. The number of aliphatic imine (C=N–C) groups is 2. The van der Waals surface area contributed by atoms with Gasteiger partial charge >= 0.3 is 0 Å². The van der Waals surface area contributed by atoms with E-state index in [-0.39, 0.29) is 0 Å². The summed E-state index contributed by atoms with van der Waals surface area (Å²) in [5.74, 6) is 1.72. The zero-order valence-electron chi connectivity index (χ0n) is 9.65. The molecular formula is C12H21N3. The second-order valence-corrected chi connectivity index (χ2v) is 4.06. The van der Waals surface area contributed by atoms with Gasteiger partial charge in [-0.3, -0.25) is 4.99 Å². The minimum absolute atomic E-state index is 0.817. The Kier molecular flexibility index (Phi) is 5.08. The van der Waals surface area contributed by atoms with Crippen molar-refractivity contribution in [1.29, 1.82) is 0 Å². The largest absolute Gasteiger partial charge is 0.357 e. The standard InChI is InChI=1S/C12H21N3/c1-4-5-12-6-8-15(9-7-12)11(2)14-10-13-3/h10,12H,2-9H2,1H3/b14-10-. The molecule has 0 atom stereocenters. The Balaban J connectivity index is 2.33. The van der Waals surface area contributed by atoms with Crippen molar-refractivity contribution < 1.29 is 0 Å². The van der Waals surface area contributed by atoms with Crippen LogP contribution in [0.3, 0.4) is 0 Å². The fourth-order valence-electron chi connectivity index (χ4n) is 2.08. The van der Waals surface area contributed by atoms with Crippen molar-refractivity contribution >= 4 is 13.1 Å². The fraction of sp³-hybridized carbons (Fsp3) is 0.667. The number of piperidine rings is 1. The van der Waals surface area contributed by atoms with Gasteiger partial charge in [0.05, 0.1) is 0 Å². The van der Waals surface area contributed by atoms with Crippen molar-refractivity contribution in [3.05, 3.63) is 12.4 Å². The van der Waals surface area contributed by atoms with Gasteiger partial charge in [-0.05, 0) is 25.5 Å². The first-order valence-corrected chi connectivity index (χ1v) is 5.70. The van der Waals surface area contributed by atoms with E-state index >= 15 is 0 Å². The topological polar surface area (TPSA) is 28.0 Å². The number of likely N-dealkylation sites (tertiary alicyclic amines) is 1. The maximum Gasteiger partial charge on any atom is 0.123 e. The molecule has 0 aromatic rings. The van der Waals surface area contributed by atoms with Crippen LogP contribution >= 0.6 is 0 Å². The summed E-state index contributed by atoms with van der Waals surface area (Å²) in [5, 5.41) is 0. The summed E-state index contributed by atoms with van der Waals surface area (Å²) in [4.78, 5) is 9.93. The fourth-order valence-corrected chi connectivity index (χ4v) is 2.08. The van der Waals surface area contributed by atoms with Crippen LogP contribution in [-0.4, -0.2) is 31.0 Å². The van der Waals surface area contributed by atoms with Gasteiger partial charge in [-0.25, -0.2) is 4.99 Å². The van der Waals surface area contributed by atoms with Crippen molar-refractivity contribution in [3.8, 4) is 0 Å². The third-order valence-corrected chi connectivity index (χ3v) is 2.96. The van der Waals surface area contributed by atoms with E-state index in [4.69, 9.17) is 0 Å². The van der Waals surface area contributed by atoms with Crippen LogP contribution in [0.15, 0.2) is 22.4 Å². The molecule has 0 spiro atoms. The van der Waals surface area contributed by atoms with E-state index in [0.29, 0.717) is 0 Å². The van der Waals surface area contributed by atoms with Crippen LogP contribution in [-0.2, 0) is 0 Å². The van der Waals surface area contributed by atoms with Crippen molar-refractivity contribution in [3.63, 3.8) is 0 Å². The predicted molar refractivity (Wildman–Crippen MR) is 66.4 cm³/mol. The molecule has 1 heterocycles. The van der Waals surface area contributed by atoms with Gasteiger partial charge in [0.1, 0.15) is 12.2 Å². The Morgan fingerprint density at radius 3 is 2.67 bits per heavy atom. The molecule has 3 nitrogen and oxygen atoms in total. The lowest BCUT2D eigenvalue weighted by Gasteiger charge is -2.32. The summed E-state index contributed by atoms with van der Waals surface area (Å²) in [5.41, 5.74) is 0. The summed E-state index contributed by atoms with van der Waals surface area (Å²) in [7, 11) is 0. The first kappa shape index (κ1) is 12.0. The smallest absolute Gasteiger partial charge is 0.123 e. The summed E-state index contributed by atoms with van der Waals surface area (Å²) in [6, 6.07) is 0. The second kappa shape index (κ2) is 6.38. The molecule has 1 fully saturated rings. The Bertz CT molecular complexity index is 237. The average molecular weight is 207 g/mol. The number of hydrogen-bond acceptors (Lipinski definition) is 2. The van der Waals surface area contributed by atoms with Crippen molar-refractivity contribution in [1.82, 2.24) is 4.90 Å². The van der Waals surface area contributed by atoms with E-state index in [0.717, 1.165) is 24.8 Å². The van der Waals surface area contributed by atoms with E-state index in [9.17, 15) is 0 Å². The van der Waals surface area contributed by atoms with Crippen LogP contribution in [0, 0.1) is 5.92 Å². The number of rotatable bonds is 5. The zero-order chi connectivity index (χ0) is 11.1. The van der Waals surface area contributed by atoms with Gasteiger partial charge in [-0.2, -0.15) is 0 Å². The van der Waals surface area contributed by atoms with Crippen molar-refractivity contribution in [2.45, 2.75) is 32.6 Å². The minimum Gasteiger partial charge on any atom is -0.357 e. The lowest BCUT2D eigenvalue weighted by atomic mass is 9.93. The van der Waals surface area contributed by atoms with Crippen LogP contribution in [0.1, 0.15) is 32.6 Å². The van der Waals surface area contributed by atoms with Gasteiger partial charge in [0, 0.05) is 13.1 Å². The van der Waals surface area contributed by atoms with Crippen LogP contribution in [0.2, 0.25) is 0 Å². The molecule has 1 saturated heterocycles. The summed E-state index contributed by atoms with van der Waals surface area (Å²) >= 11 is 0. The molecule has 3 heteroatoms. The molecule has 1 rings (SSSR count). The average Bonchev–Trinajstić information content (AvgIpc) is 2.27. The van der Waals surface area contributed by atoms with Gasteiger partial charge < -0.3 is 4.90 Å². The predicted octanol–water partition coefficient (Wildman–Crippen LogP) is 2.70. The van der Waals surface area contributed by atoms with E-state index in [1.807, 2.05) is 0 Å². The normalized spacial score (nSPS) is 18.3. The highest BCUT2D eigenvalue weighted by atomic mass is 15.2. The highest BCUT2D eigenvalue weighted by Crippen LogP contribution is 2.23. The second-order valence-electron chi connectivity index (χ2n) is 4.06. The van der Waals surface area contributed by atoms with Crippen LogP contribution in [0.25, 0.3) is 0 Å². The molecule has 1 aliphatic heterocycles. The maximum absolute atomic E-state index is 4.11. The third kappa shape index (κ3) is 3.86. The quantitative estimate of drug-likeness (QED) is 0.503. The Morgan fingerprint density at radius 2 is 2.13 bits per heavy atom. The van der Waals surface area contributed by atoms with Gasteiger partial charge in [-0.1, -0.05) is 26.3 Å². The van der Waals surface area contributed by atoms with Gasteiger partial charge in [0.25, 0.3) is 0 Å². The van der Waals surface area contributed by atoms with Gasteiger partial charge in [0.15, 0.2) is 0 Å². The Morgan fingerprint density at radius 1 is 1.47 bits per heavy atom. The highest BCUT2D eigenvalue weighted by molar-refractivity contribution is 5.63. The van der Waals surface area contributed by atoms with E-state index < -0.39 is 0 Å². The number of nitrogens with zero attached hydrogens (tertiary/aromatic N) is 3. The van der Waals surface area contributed by atoms with Crippen LogP contribution in [0.4, 0.5) is 0 Å². The van der Waals surface area contributed by atoms with Gasteiger partial charge in [-0.15, -0.1) is 0 Å². The maximum atomic E-state index is 4.11. The number of hydrogen-bond donors (Lipinski definition) is 0. The van der Waals surface area contributed by atoms with Crippen molar-refractivity contribution in [2.75, 3.05) is 13.1 Å². The molecule has 0 bridgehead atoms.